The minimum absolute atomic E-state index is 0.0863. The van der Waals surface area contributed by atoms with Crippen molar-refractivity contribution in [2.45, 2.75) is 45.3 Å². The number of morpholine rings is 1. The lowest BCUT2D eigenvalue weighted by Crippen LogP contribution is -2.65. The minimum Gasteiger partial charge on any atom is -0.372 e. The van der Waals surface area contributed by atoms with Gasteiger partial charge in [-0.1, -0.05) is 20.8 Å². The van der Waals surface area contributed by atoms with Gasteiger partial charge in [0.2, 0.25) is 0 Å². The van der Waals surface area contributed by atoms with Crippen LogP contribution in [0.5, 0.6) is 0 Å². The average molecular weight is 226 g/mol. The first-order valence-corrected chi connectivity index (χ1v) is 6.50. The third-order valence-corrected chi connectivity index (χ3v) is 4.07. The summed E-state index contributed by atoms with van der Waals surface area (Å²) in [7, 11) is 2.20. The van der Waals surface area contributed by atoms with E-state index in [4.69, 9.17) is 4.74 Å². The molecule has 0 bridgehead atoms. The second-order valence-electron chi connectivity index (χ2n) is 6.47. The quantitative estimate of drug-likeness (QED) is 0.677. The number of ether oxygens (including phenoxy) is 1. The topological polar surface area (TPSA) is 24.5 Å². The van der Waals surface area contributed by atoms with E-state index in [-0.39, 0.29) is 11.0 Å². The van der Waals surface area contributed by atoms with Gasteiger partial charge in [-0.3, -0.25) is 0 Å². The van der Waals surface area contributed by atoms with Gasteiger partial charge in [0.1, 0.15) is 0 Å². The second kappa shape index (κ2) is 4.28. The van der Waals surface area contributed by atoms with E-state index in [2.05, 4.69) is 38.0 Å². The molecule has 1 N–H and O–H groups in total. The van der Waals surface area contributed by atoms with Gasteiger partial charge in [-0.05, 0) is 25.3 Å². The summed E-state index contributed by atoms with van der Waals surface area (Å²) in [5.74, 6) is 0. The summed E-state index contributed by atoms with van der Waals surface area (Å²) >= 11 is 0. The third-order valence-electron chi connectivity index (χ3n) is 4.07. The molecular weight excluding hydrogens is 200 g/mol. The van der Waals surface area contributed by atoms with Crippen LogP contribution in [-0.2, 0) is 4.74 Å². The molecule has 1 atom stereocenters. The van der Waals surface area contributed by atoms with Gasteiger partial charge in [-0.25, -0.2) is 0 Å². The average Bonchev–Trinajstić information content (AvgIpc) is 2.22. The Morgan fingerprint density at radius 2 is 1.88 bits per heavy atom. The van der Waals surface area contributed by atoms with Gasteiger partial charge in [0, 0.05) is 25.7 Å². The van der Waals surface area contributed by atoms with Gasteiger partial charge in [0.05, 0.1) is 12.2 Å². The van der Waals surface area contributed by atoms with Crippen LogP contribution in [-0.4, -0.2) is 49.8 Å². The number of nitrogens with one attached hydrogen (secondary N) is 1. The highest BCUT2D eigenvalue weighted by Gasteiger charge is 2.48. The molecule has 0 aromatic rings. The number of likely N-dealkylation sites (tertiary alicyclic amines) is 1. The van der Waals surface area contributed by atoms with Crippen LogP contribution in [0.3, 0.4) is 0 Å². The summed E-state index contributed by atoms with van der Waals surface area (Å²) in [6.45, 7) is 11.1. The van der Waals surface area contributed by atoms with Crippen molar-refractivity contribution < 1.29 is 4.74 Å². The van der Waals surface area contributed by atoms with Gasteiger partial charge in [0.15, 0.2) is 0 Å². The Kier molecular flexibility index (Phi) is 3.30. The van der Waals surface area contributed by atoms with Crippen LogP contribution in [0.15, 0.2) is 0 Å². The Morgan fingerprint density at radius 3 is 2.44 bits per heavy atom. The number of piperidine rings is 1. The first kappa shape index (κ1) is 12.3. The molecule has 2 fully saturated rings. The maximum absolute atomic E-state index is 6.20. The van der Waals surface area contributed by atoms with E-state index >= 15 is 0 Å². The maximum atomic E-state index is 6.20. The first-order chi connectivity index (χ1) is 7.44. The molecule has 1 spiro atoms. The van der Waals surface area contributed by atoms with Crippen molar-refractivity contribution in [2.75, 3.05) is 33.3 Å². The lowest BCUT2D eigenvalue weighted by Gasteiger charge is -2.53. The molecule has 2 aliphatic rings. The van der Waals surface area contributed by atoms with Gasteiger partial charge < -0.3 is 15.0 Å². The van der Waals surface area contributed by atoms with Crippen molar-refractivity contribution in [2.24, 2.45) is 5.41 Å². The van der Waals surface area contributed by atoms with Crippen LogP contribution in [0.1, 0.15) is 33.6 Å². The summed E-state index contributed by atoms with van der Waals surface area (Å²) in [6.07, 6.45) is 2.33. The molecule has 16 heavy (non-hydrogen) atoms. The highest BCUT2D eigenvalue weighted by molar-refractivity contribution is 5.03. The number of hydrogen-bond donors (Lipinski definition) is 1. The molecule has 0 saturated carbocycles. The maximum Gasteiger partial charge on any atom is 0.0864 e. The SMILES string of the molecule is CN1CCC2(CC1)OCCNC2C(C)(C)C. The fourth-order valence-corrected chi connectivity index (χ4v) is 3.25. The predicted octanol–water partition coefficient (Wildman–Crippen LogP) is 1.49. The van der Waals surface area contributed by atoms with E-state index in [1.54, 1.807) is 0 Å². The molecule has 3 heteroatoms. The van der Waals surface area contributed by atoms with Crippen molar-refractivity contribution in [3.8, 4) is 0 Å². The number of hydrogen-bond acceptors (Lipinski definition) is 3. The molecule has 0 aliphatic carbocycles. The van der Waals surface area contributed by atoms with E-state index in [1.807, 2.05) is 0 Å². The summed E-state index contributed by atoms with van der Waals surface area (Å²) in [6, 6.07) is 0.488. The van der Waals surface area contributed by atoms with Gasteiger partial charge in [0.25, 0.3) is 0 Å². The van der Waals surface area contributed by atoms with E-state index in [0.717, 1.165) is 26.2 Å². The zero-order valence-electron chi connectivity index (χ0n) is 11.2. The molecule has 2 aliphatic heterocycles. The fraction of sp³-hybridized carbons (Fsp3) is 1.00. The van der Waals surface area contributed by atoms with Crippen molar-refractivity contribution >= 4 is 0 Å². The predicted molar refractivity (Wildman–Crippen MR) is 66.7 cm³/mol. The highest BCUT2D eigenvalue weighted by atomic mass is 16.5. The second-order valence-corrected chi connectivity index (χ2v) is 6.47. The van der Waals surface area contributed by atoms with Gasteiger partial charge in [-0.2, -0.15) is 0 Å². The largest absolute Gasteiger partial charge is 0.372 e. The highest BCUT2D eigenvalue weighted by Crippen LogP contribution is 2.39. The van der Waals surface area contributed by atoms with E-state index in [0.29, 0.717) is 6.04 Å². The third kappa shape index (κ3) is 2.27. The molecule has 0 amide bonds. The molecule has 2 heterocycles. The molecule has 0 aromatic carbocycles. The van der Waals surface area contributed by atoms with Crippen molar-refractivity contribution in [3.63, 3.8) is 0 Å². The van der Waals surface area contributed by atoms with Crippen LogP contribution in [0.25, 0.3) is 0 Å². The van der Waals surface area contributed by atoms with Crippen molar-refractivity contribution in [1.29, 1.82) is 0 Å². The Labute approximate surface area is 99.5 Å². The molecule has 2 saturated heterocycles. The number of nitrogens with zero attached hydrogens (tertiary/aromatic N) is 1. The molecule has 2 rings (SSSR count). The Morgan fingerprint density at radius 1 is 1.25 bits per heavy atom. The first-order valence-electron chi connectivity index (χ1n) is 6.50. The minimum atomic E-state index is 0.0863. The molecule has 3 nitrogen and oxygen atoms in total. The van der Waals surface area contributed by atoms with E-state index < -0.39 is 0 Å². The van der Waals surface area contributed by atoms with Crippen LogP contribution < -0.4 is 5.32 Å². The molecule has 1 unspecified atom stereocenters. The normalized spacial score (nSPS) is 31.9. The van der Waals surface area contributed by atoms with E-state index in [9.17, 15) is 0 Å². The van der Waals surface area contributed by atoms with Crippen LogP contribution in [0.2, 0.25) is 0 Å². The van der Waals surface area contributed by atoms with Crippen molar-refractivity contribution in [1.82, 2.24) is 10.2 Å². The molecule has 94 valence electrons. The van der Waals surface area contributed by atoms with Crippen LogP contribution >= 0.6 is 0 Å². The number of rotatable bonds is 0. The monoisotopic (exact) mass is 226 g/mol. The molecule has 0 aromatic heterocycles. The van der Waals surface area contributed by atoms with Crippen LogP contribution in [0.4, 0.5) is 0 Å². The van der Waals surface area contributed by atoms with Crippen molar-refractivity contribution in [3.05, 3.63) is 0 Å². The lowest BCUT2D eigenvalue weighted by molar-refractivity contribution is -0.147. The Balaban J connectivity index is 2.15. The molecule has 0 radical (unpaired) electrons. The van der Waals surface area contributed by atoms with Gasteiger partial charge in [-0.15, -0.1) is 0 Å². The fourth-order valence-electron chi connectivity index (χ4n) is 3.25. The zero-order valence-corrected chi connectivity index (χ0v) is 11.2. The van der Waals surface area contributed by atoms with Gasteiger partial charge >= 0.3 is 0 Å². The molecular formula is C13H26N2O. The smallest absolute Gasteiger partial charge is 0.0864 e. The summed E-state index contributed by atoms with van der Waals surface area (Å²) in [5.41, 5.74) is 0.360. The summed E-state index contributed by atoms with van der Waals surface area (Å²) in [4.78, 5) is 2.41. The van der Waals surface area contributed by atoms with E-state index in [1.165, 1.54) is 12.8 Å². The summed E-state index contributed by atoms with van der Waals surface area (Å²) < 4.78 is 6.20. The lowest BCUT2D eigenvalue weighted by atomic mass is 9.71. The Bertz CT molecular complexity index is 239. The Hall–Kier alpha value is -0.120. The van der Waals surface area contributed by atoms with Crippen LogP contribution in [0, 0.1) is 5.41 Å². The zero-order chi connectivity index (χ0) is 11.8. The standard InChI is InChI=1S/C13H26N2O/c1-12(2,3)11-13(16-10-7-14-11)5-8-15(4)9-6-13/h11,14H,5-10H2,1-4H3. The summed E-state index contributed by atoms with van der Waals surface area (Å²) in [5, 5.41) is 3.69.